The predicted molar refractivity (Wildman–Crippen MR) is 77.7 cm³/mol. The molecule has 1 rings (SSSR count). The molecule has 0 bridgehead atoms. The third-order valence-electron chi connectivity index (χ3n) is 2.04. The Balaban J connectivity index is 2.96. The highest BCUT2D eigenvalue weighted by Gasteiger charge is 2.14. The largest absolute Gasteiger partial charge is 0.495 e. The molecule has 0 spiro atoms. The van der Waals surface area contributed by atoms with Crippen LogP contribution in [0.15, 0.2) is 12.1 Å². The van der Waals surface area contributed by atoms with Gasteiger partial charge in [0.25, 0.3) is 0 Å². The molecule has 0 aliphatic heterocycles. The molecule has 88 valence electrons. The summed E-state index contributed by atoms with van der Waals surface area (Å²) in [6, 6.07) is 2.93. The number of benzene rings is 1. The van der Waals surface area contributed by atoms with Gasteiger partial charge in [0.1, 0.15) is 11.8 Å². The standard InChI is InChI=1S/C10H11I2NO3/c1-16-9-6(11)2-5(3-7(9)12)4-8(13)10(14)15/h2-3,8H,4,13H2,1H3,(H,14,15)/t8-/m0/s1. The van der Waals surface area contributed by atoms with E-state index in [4.69, 9.17) is 15.6 Å². The average molecular weight is 447 g/mol. The molecule has 3 N–H and O–H groups in total. The first-order valence-electron chi connectivity index (χ1n) is 4.46. The van der Waals surface area contributed by atoms with Crippen molar-refractivity contribution in [2.24, 2.45) is 5.73 Å². The summed E-state index contributed by atoms with van der Waals surface area (Å²) in [5.74, 6) is -0.172. The van der Waals surface area contributed by atoms with Crippen molar-refractivity contribution >= 4 is 51.2 Å². The maximum Gasteiger partial charge on any atom is 0.320 e. The first-order valence-corrected chi connectivity index (χ1v) is 6.61. The van der Waals surface area contributed by atoms with Crippen molar-refractivity contribution in [2.75, 3.05) is 7.11 Å². The predicted octanol–water partition coefficient (Wildman–Crippen LogP) is 1.86. The van der Waals surface area contributed by atoms with E-state index in [9.17, 15) is 4.79 Å². The Morgan fingerprint density at radius 3 is 2.38 bits per heavy atom. The molecule has 0 unspecified atom stereocenters. The molecular weight excluding hydrogens is 436 g/mol. The fourth-order valence-corrected chi connectivity index (χ4v) is 3.60. The first kappa shape index (κ1) is 14.0. The van der Waals surface area contributed by atoms with Gasteiger partial charge in [-0.3, -0.25) is 4.79 Å². The monoisotopic (exact) mass is 447 g/mol. The Kier molecular flexibility index (Phi) is 5.25. The number of carbonyl (C=O) groups is 1. The molecule has 0 heterocycles. The van der Waals surface area contributed by atoms with Crippen molar-refractivity contribution in [3.63, 3.8) is 0 Å². The Labute approximate surface area is 121 Å². The SMILES string of the molecule is COc1c(I)cc(C[C@H](N)C(=O)O)cc1I. The van der Waals surface area contributed by atoms with Crippen molar-refractivity contribution in [3.8, 4) is 5.75 Å². The summed E-state index contributed by atoms with van der Waals surface area (Å²) in [5.41, 5.74) is 6.39. The van der Waals surface area contributed by atoms with Gasteiger partial charge in [0, 0.05) is 0 Å². The van der Waals surface area contributed by atoms with Crippen LogP contribution in [0.25, 0.3) is 0 Å². The molecular formula is C10H11I2NO3. The Bertz CT molecular complexity index is 386. The molecule has 1 aromatic rings. The summed E-state index contributed by atoms with van der Waals surface area (Å²) < 4.78 is 7.14. The van der Waals surface area contributed by atoms with E-state index in [1.165, 1.54) is 0 Å². The fraction of sp³-hybridized carbons (Fsp3) is 0.300. The van der Waals surface area contributed by atoms with Crippen LogP contribution < -0.4 is 10.5 Å². The molecule has 0 aliphatic rings. The van der Waals surface area contributed by atoms with Crippen LogP contribution in [0.1, 0.15) is 5.56 Å². The second-order valence-corrected chi connectivity index (χ2v) is 5.57. The minimum atomic E-state index is -0.985. The summed E-state index contributed by atoms with van der Waals surface area (Å²) in [6.07, 6.45) is 0.325. The van der Waals surface area contributed by atoms with Crippen LogP contribution in [0.5, 0.6) is 5.75 Å². The highest BCUT2D eigenvalue weighted by Crippen LogP contribution is 2.28. The van der Waals surface area contributed by atoms with Gasteiger partial charge in [0.2, 0.25) is 0 Å². The average Bonchev–Trinajstić information content (AvgIpc) is 2.16. The zero-order valence-electron chi connectivity index (χ0n) is 8.54. The number of carboxylic acid groups (broad SMARTS) is 1. The smallest absolute Gasteiger partial charge is 0.320 e. The highest BCUT2D eigenvalue weighted by molar-refractivity contribution is 14.1. The number of rotatable bonds is 4. The van der Waals surface area contributed by atoms with Gasteiger partial charge in [-0.2, -0.15) is 0 Å². The molecule has 0 amide bonds. The minimum absolute atomic E-state index is 0.325. The third kappa shape index (κ3) is 3.45. The van der Waals surface area contributed by atoms with E-state index in [1.54, 1.807) is 7.11 Å². The van der Waals surface area contributed by atoms with Gasteiger partial charge in [-0.15, -0.1) is 0 Å². The molecule has 0 aromatic heterocycles. The van der Waals surface area contributed by atoms with Crippen molar-refractivity contribution < 1.29 is 14.6 Å². The van der Waals surface area contributed by atoms with Gasteiger partial charge in [0.15, 0.2) is 0 Å². The number of ether oxygens (including phenoxy) is 1. The second kappa shape index (κ2) is 6.01. The summed E-state index contributed by atoms with van der Waals surface area (Å²) in [6.45, 7) is 0. The molecule has 0 saturated carbocycles. The van der Waals surface area contributed by atoms with Crippen LogP contribution in [0, 0.1) is 7.14 Å². The van der Waals surface area contributed by atoms with Crippen LogP contribution in [0.3, 0.4) is 0 Å². The minimum Gasteiger partial charge on any atom is -0.495 e. The molecule has 0 fully saturated rings. The Morgan fingerprint density at radius 1 is 1.50 bits per heavy atom. The summed E-state index contributed by atoms with van der Waals surface area (Å²) in [4.78, 5) is 10.6. The van der Waals surface area contributed by atoms with Gasteiger partial charge in [0.05, 0.1) is 14.3 Å². The van der Waals surface area contributed by atoms with Crippen molar-refractivity contribution in [1.82, 2.24) is 0 Å². The van der Waals surface area contributed by atoms with E-state index in [-0.39, 0.29) is 0 Å². The van der Waals surface area contributed by atoms with Crippen molar-refractivity contribution in [2.45, 2.75) is 12.5 Å². The van der Waals surface area contributed by atoms with Crippen LogP contribution in [-0.4, -0.2) is 24.2 Å². The van der Waals surface area contributed by atoms with Gasteiger partial charge in [-0.25, -0.2) is 0 Å². The maximum absolute atomic E-state index is 10.6. The van der Waals surface area contributed by atoms with E-state index in [1.807, 2.05) is 12.1 Å². The molecule has 4 nitrogen and oxygen atoms in total. The lowest BCUT2D eigenvalue weighted by Crippen LogP contribution is -2.32. The fourth-order valence-electron chi connectivity index (χ4n) is 1.27. The number of carboxylic acids is 1. The highest BCUT2D eigenvalue weighted by atomic mass is 127. The topological polar surface area (TPSA) is 72.5 Å². The third-order valence-corrected chi connectivity index (χ3v) is 3.64. The summed E-state index contributed by atoms with van der Waals surface area (Å²) in [7, 11) is 1.61. The molecule has 1 atom stereocenters. The lowest BCUT2D eigenvalue weighted by Gasteiger charge is -2.11. The zero-order valence-corrected chi connectivity index (χ0v) is 12.9. The van der Waals surface area contributed by atoms with E-state index in [2.05, 4.69) is 45.2 Å². The number of hydrogen-bond acceptors (Lipinski definition) is 3. The second-order valence-electron chi connectivity index (χ2n) is 3.24. The van der Waals surface area contributed by atoms with Gasteiger partial charge >= 0.3 is 5.97 Å². The van der Waals surface area contributed by atoms with Gasteiger partial charge in [-0.05, 0) is 69.3 Å². The van der Waals surface area contributed by atoms with Crippen LogP contribution in [-0.2, 0) is 11.2 Å². The normalized spacial score (nSPS) is 12.2. The van der Waals surface area contributed by atoms with E-state index in [0.29, 0.717) is 6.42 Å². The van der Waals surface area contributed by atoms with E-state index in [0.717, 1.165) is 18.5 Å². The number of methoxy groups -OCH3 is 1. The molecule has 0 saturated heterocycles. The van der Waals surface area contributed by atoms with Crippen molar-refractivity contribution in [1.29, 1.82) is 0 Å². The molecule has 0 aliphatic carbocycles. The quantitative estimate of drug-likeness (QED) is 0.692. The molecule has 6 heteroatoms. The van der Waals surface area contributed by atoms with Crippen LogP contribution in [0.4, 0.5) is 0 Å². The maximum atomic E-state index is 10.6. The number of hydrogen-bond donors (Lipinski definition) is 2. The first-order chi connectivity index (χ1) is 7.45. The number of aliphatic carboxylic acids is 1. The molecule has 1 aromatic carbocycles. The zero-order chi connectivity index (χ0) is 12.3. The van der Waals surface area contributed by atoms with Crippen molar-refractivity contribution in [3.05, 3.63) is 24.8 Å². The van der Waals surface area contributed by atoms with E-state index < -0.39 is 12.0 Å². The van der Waals surface area contributed by atoms with Crippen LogP contribution in [0.2, 0.25) is 0 Å². The Hall–Kier alpha value is -0.0900. The van der Waals surface area contributed by atoms with E-state index >= 15 is 0 Å². The number of nitrogens with two attached hydrogens (primary N) is 1. The Morgan fingerprint density at radius 2 is 2.00 bits per heavy atom. The molecule has 0 radical (unpaired) electrons. The number of halogens is 2. The van der Waals surface area contributed by atoms with Gasteiger partial charge in [-0.1, -0.05) is 0 Å². The summed E-state index contributed by atoms with van der Waals surface area (Å²) >= 11 is 4.32. The lowest BCUT2D eigenvalue weighted by atomic mass is 10.1. The van der Waals surface area contributed by atoms with Crippen LogP contribution >= 0.6 is 45.2 Å². The van der Waals surface area contributed by atoms with Gasteiger partial charge < -0.3 is 15.6 Å². The summed E-state index contributed by atoms with van der Waals surface area (Å²) in [5, 5.41) is 8.73. The lowest BCUT2D eigenvalue weighted by molar-refractivity contribution is -0.138. The molecule has 16 heavy (non-hydrogen) atoms.